The topological polar surface area (TPSA) is 76.8 Å². The maximum absolute atomic E-state index is 12.3. The summed E-state index contributed by atoms with van der Waals surface area (Å²) in [6.45, 7) is 5.66. The summed E-state index contributed by atoms with van der Waals surface area (Å²) >= 11 is 0. The Morgan fingerprint density at radius 2 is 1.88 bits per heavy atom. The Labute approximate surface area is 149 Å². The van der Waals surface area contributed by atoms with Crippen molar-refractivity contribution in [2.45, 2.75) is 37.8 Å². The summed E-state index contributed by atoms with van der Waals surface area (Å²) in [6.07, 6.45) is 3.75. The Balaban J connectivity index is 1.40. The molecule has 3 N–H and O–H groups in total. The lowest BCUT2D eigenvalue weighted by Crippen LogP contribution is -2.56. The summed E-state index contributed by atoms with van der Waals surface area (Å²) in [5.74, 6) is 0.774. The molecular formula is C19H29N3O3. The van der Waals surface area contributed by atoms with Gasteiger partial charge in [0, 0.05) is 26.3 Å². The van der Waals surface area contributed by atoms with E-state index in [1.54, 1.807) is 0 Å². The lowest BCUT2D eigenvalue weighted by Gasteiger charge is -2.31. The molecule has 0 bridgehead atoms. The smallest absolute Gasteiger partial charge is 0.240 e. The highest BCUT2D eigenvalue weighted by molar-refractivity contribution is 5.86. The summed E-state index contributed by atoms with van der Waals surface area (Å²) in [6, 6.07) is 7.88. The SMILES string of the molecule is NC1(C(=O)NCc2ccc(OCCN3CCCC3)cc2)CCOCC1. The number of likely N-dealkylation sites (tertiary alicyclic amines) is 1. The van der Waals surface area contributed by atoms with Crippen LogP contribution < -0.4 is 15.8 Å². The Kier molecular flexibility index (Phi) is 6.29. The van der Waals surface area contributed by atoms with Crippen LogP contribution >= 0.6 is 0 Å². The van der Waals surface area contributed by atoms with E-state index in [2.05, 4.69) is 10.2 Å². The Bertz CT molecular complexity index is 550. The number of carbonyl (C=O) groups is 1. The van der Waals surface area contributed by atoms with Crippen LogP contribution in [0.5, 0.6) is 5.75 Å². The molecule has 0 aromatic heterocycles. The Hall–Kier alpha value is -1.63. The van der Waals surface area contributed by atoms with Gasteiger partial charge in [-0.05, 0) is 56.5 Å². The molecule has 6 nitrogen and oxygen atoms in total. The van der Waals surface area contributed by atoms with E-state index in [4.69, 9.17) is 15.2 Å². The van der Waals surface area contributed by atoms with E-state index in [0.29, 0.717) is 39.2 Å². The minimum absolute atomic E-state index is 0.0956. The number of nitrogens with zero attached hydrogens (tertiary/aromatic N) is 1. The van der Waals surface area contributed by atoms with Crippen LogP contribution in [-0.2, 0) is 16.1 Å². The molecule has 2 heterocycles. The second kappa shape index (κ2) is 8.65. The maximum Gasteiger partial charge on any atom is 0.240 e. The van der Waals surface area contributed by atoms with Gasteiger partial charge in [0.05, 0.1) is 5.54 Å². The monoisotopic (exact) mass is 347 g/mol. The molecular weight excluding hydrogens is 318 g/mol. The first-order valence-corrected chi connectivity index (χ1v) is 9.25. The molecule has 0 atom stereocenters. The van der Waals surface area contributed by atoms with Crippen molar-refractivity contribution in [2.24, 2.45) is 5.73 Å². The zero-order chi connectivity index (χ0) is 17.5. The molecule has 2 aliphatic heterocycles. The highest BCUT2D eigenvalue weighted by Gasteiger charge is 2.35. The van der Waals surface area contributed by atoms with Crippen molar-refractivity contribution in [3.05, 3.63) is 29.8 Å². The van der Waals surface area contributed by atoms with Crippen LogP contribution in [0.1, 0.15) is 31.2 Å². The normalized spacial score (nSPS) is 20.4. The third-order valence-corrected chi connectivity index (χ3v) is 5.09. The number of benzene rings is 1. The van der Waals surface area contributed by atoms with Crippen LogP contribution in [0.3, 0.4) is 0 Å². The molecule has 3 rings (SSSR count). The maximum atomic E-state index is 12.3. The minimum Gasteiger partial charge on any atom is -0.492 e. The van der Waals surface area contributed by atoms with Crippen molar-refractivity contribution in [1.29, 1.82) is 0 Å². The van der Waals surface area contributed by atoms with Gasteiger partial charge in [-0.15, -0.1) is 0 Å². The number of hydrogen-bond donors (Lipinski definition) is 2. The molecule has 2 aliphatic rings. The standard InChI is InChI=1S/C19H29N3O3/c20-19(7-12-24-13-8-19)18(23)21-15-16-3-5-17(6-4-16)25-14-11-22-9-1-2-10-22/h3-6H,1-2,7-15,20H2,(H,21,23). The van der Waals surface area contributed by atoms with Gasteiger partial charge >= 0.3 is 0 Å². The van der Waals surface area contributed by atoms with Gasteiger partial charge in [-0.25, -0.2) is 0 Å². The summed E-state index contributed by atoms with van der Waals surface area (Å²) < 4.78 is 11.1. The van der Waals surface area contributed by atoms with Crippen LogP contribution in [0.15, 0.2) is 24.3 Å². The van der Waals surface area contributed by atoms with Gasteiger partial charge in [-0.1, -0.05) is 12.1 Å². The first-order valence-electron chi connectivity index (χ1n) is 9.25. The summed E-state index contributed by atoms with van der Waals surface area (Å²) in [5, 5.41) is 2.94. The number of rotatable bonds is 7. The minimum atomic E-state index is -0.795. The fourth-order valence-electron chi connectivity index (χ4n) is 3.32. The number of nitrogens with two attached hydrogens (primary N) is 1. The lowest BCUT2D eigenvalue weighted by atomic mass is 9.90. The Morgan fingerprint density at radius 1 is 1.20 bits per heavy atom. The van der Waals surface area contributed by atoms with Crippen LogP contribution in [0.2, 0.25) is 0 Å². The highest BCUT2D eigenvalue weighted by atomic mass is 16.5. The molecule has 25 heavy (non-hydrogen) atoms. The van der Waals surface area contributed by atoms with Crippen molar-refractivity contribution in [2.75, 3.05) is 39.5 Å². The van der Waals surface area contributed by atoms with Crippen LogP contribution in [0, 0.1) is 0 Å². The number of carbonyl (C=O) groups excluding carboxylic acids is 1. The predicted molar refractivity (Wildman–Crippen MR) is 96.4 cm³/mol. The fourth-order valence-corrected chi connectivity index (χ4v) is 3.32. The van der Waals surface area contributed by atoms with Gasteiger partial charge in [0.2, 0.25) is 5.91 Å². The van der Waals surface area contributed by atoms with Crippen molar-refractivity contribution < 1.29 is 14.3 Å². The van der Waals surface area contributed by atoms with E-state index in [1.807, 2.05) is 24.3 Å². The Morgan fingerprint density at radius 3 is 2.56 bits per heavy atom. The van der Waals surface area contributed by atoms with Crippen molar-refractivity contribution in [3.63, 3.8) is 0 Å². The molecule has 2 fully saturated rings. The molecule has 138 valence electrons. The molecule has 6 heteroatoms. The number of hydrogen-bond acceptors (Lipinski definition) is 5. The van der Waals surface area contributed by atoms with Gasteiger partial charge in [-0.3, -0.25) is 9.69 Å². The first kappa shape index (κ1) is 18.2. The zero-order valence-corrected chi connectivity index (χ0v) is 14.8. The summed E-state index contributed by atoms with van der Waals surface area (Å²) in [7, 11) is 0. The van der Waals surface area contributed by atoms with Gasteiger partial charge in [0.25, 0.3) is 0 Å². The number of nitrogens with one attached hydrogen (secondary N) is 1. The van der Waals surface area contributed by atoms with Crippen LogP contribution in [-0.4, -0.2) is 55.8 Å². The van der Waals surface area contributed by atoms with E-state index in [1.165, 1.54) is 25.9 Å². The van der Waals surface area contributed by atoms with Crippen molar-refractivity contribution >= 4 is 5.91 Å². The number of amides is 1. The second-order valence-electron chi connectivity index (χ2n) is 6.99. The van der Waals surface area contributed by atoms with E-state index in [-0.39, 0.29) is 5.91 Å². The van der Waals surface area contributed by atoms with Crippen molar-refractivity contribution in [3.8, 4) is 5.75 Å². The molecule has 0 spiro atoms. The van der Waals surface area contributed by atoms with Crippen LogP contribution in [0.4, 0.5) is 0 Å². The largest absolute Gasteiger partial charge is 0.492 e. The van der Waals surface area contributed by atoms with Gasteiger partial charge in [0.1, 0.15) is 12.4 Å². The van der Waals surface area contributed by atoms with Gasteiger partial charge in [-0.2, -0.15) is 0 Å². The summed E-state index contributed by atoms with van der Waals surface area (Å²) in [4.78, 5) is 14.7. The van der Waals surface area contributed by atoms with E-state index >= 15 is 0 Å². The summed E-state index contributed by atoms with van der Waals surface area (Å²) in [5.41, 5.74) is 6.42. The quantitative estimate of drug-likeness (QED) is 0.777. The lowest BCUT2D eigenvalue weighted by molar-refractivity contribution is -0.129. The molecule has 0 saturated carbocycles. The average molecular weight is 347 g/mol. The third-order valence-electron chi connectivity index (χ3n) is 5.09. The number of ether oxygens (including phenoxy) is 2. The van der Waals surface area contributed by atoms with E-state index < -0.39 is 5.54 Å². The highest BCUT2D eigenvalue weighted by Crippen LogP contribution is 2.18. The van der Waals surface area contributed by atoms with Gasteiger partial charge < -0.3 is 20.5 Å². The third kappa shape index (κ3) is 5.17. The zero-order valence-electron chi connectivity index (χ0n) is 14.8. The van der Waals surface area contributed by atoms with E-state index in [9.17, 15) is 4.79 Å². The molecule has 1 aromatic rings. The molecule has 1 aromatic carbocycles. The average Bonchev–Trinajstić information content (AvgIpc) is 3.15. The molecule has 0 unspecified atom stereocenters. The van der Waals surface area contributed by atoms with Gasteiger partial charge in [0.15, 0.2) is 0 Å². The van der Waals surface area contributed by atoms with Crippen molar-refractivity contribution in [1.82, 2.24) is 10.2 Å². The fraction of sp³-hybridized carbons (Fsp3) is 0.632. The molecule has 0 radical (unpaired) electrons. The first-order chi connectivity index (χ1) is 12.2. The predicted octanol–water partition coefficient (Wildman–Crippen LogP) is 1.29. The van der Waals surface area contributed by atoms with Crippen LogP contribution in [0.25, 0.3) is 0 Å². The molecule has 2 saturated heterocycles. The second-order valence-corrected chi connectivity index (χ2v) is 6.99. The molecule has 0 aliphatic carbocycles. The molecule has 1 amide bonds. The van der Waals surface area contributed by atoms with E-state index in [0.717, 1.165) is 17.9 Å².